The largest absolute Gasteiger partial charge is 0.352 e. The molecule has 0 spiro atoms. The molecule has 20 heavy (non-hydrogen) atoms. The monoisotopic (exact) mass is 306 g/mol. The maximum atomic E-state index is 12.1. The van der Waals surface area contributed by atoms with Crippen LogP contribution < -0.4 is 22.1 Å². The molecule has 7 heteroatoms. The molecule has 0 aromatic rings. The number of primary amides is 1. The fourth-order valence-electron chi connectivity index (χ4n) is 2.41. The summed E-state index contributed by atoms with van der Waals surface area (Å²) in [7, 11) is 0. The Hall–Kier alpha value is -1.01. The first-order valence-electron chi connectivity index (χ1n) is 7.14. The molecule has 6 N–H and O–H groups in total. The van der Waals surface area contributed by atoms with Gasteiger partial charge < -0.3 is 22.1 Å². The maximum Gasteiger partial charge on any atom is 0.312 e. The lowest BCUT2D eigenvalue weighted by Gasteiger charge is -2.28. The van der Waals surface area contributed by atoms with Gasteiger partial charge >= 0.3 is 6.03 Å². The van der Waals surface area contributed by atoms with Gasteiger partial charge in [-0.2, -0.15) is 0 Å². The Balaban J connectivity index is 0.00000361. The number of unbranched alkanes of at least 4 members (excludes halogenated alkanes) is 1. The van der Waals surface area contributed by atoms with Gasteiger partial charge in [-0.3, -0.25) is 4.79 Å². The first kappa shape index (κ1) is 19.0. The van der Waals surface area contributed by atoms with E-state index in [1.54, 1.807) is 0 Å². The molecule has 0 aromatic carbocycles. The fraction of sp³-hybridized carbons (Fsp3) is 0.846. The molecule has 0 heterocycles. The summed E-state index contributed by atoms with van der Waals surface area (Å²) in [5.41, 5.74) is 10.9. The number of nitrogens with two attached hydrogens (primary N) is 2. The van der Waals surface area contributed by atoms with Crippen LogP contribution in [0.3, 0.4) is 0 Å². The first-order valence-corrected chi connectivity index (χ1v) is 7.14. The molecular weight excluding hydrogens is 280 g/mol. The SMILES string of the molecule is CCCCC(NC(N)=O)C(=O)NC1CCC(N)CC1.Cl. The number of hydrogen-bond acceptors (Lipinski definition) is 3. The van der Waals surface area contributed by atoms with Crippen molar-refractivity contribution in [2.24, 2.45) is 11.5 Å². The second kappa shape index (κ2) is 9.83. The summed E-state index contributed by atoms with van der Waals surface area (Å²) in [5.74, 6) is -0.132. The topological polar surface area (TPSA) is 110 Å². The Bertz CT molecular complexity index is 307. The molecule has 6 nitrogen and oxygen atoms in total. The number of nitrogens with one attached hydrogen (secondary N) is 2. The number of hydrogen-bond donors (Lipinski definition) is 4. The molecule has 1 saturated carbocycles. The summed E-state index contributed by atoms with van der Waals surface area (Å²) >= 11 is 0. The molecule has 1 aliphatic rings. The number of rotatable bonds is 6. The highest BCUT2D eigenvalue weighted by atomic mass is 35.5. The molecule has 118 valence electrons. The highest BCUT2D eigenvalue weighted by Crippen LogP contribution is 2.17. The zero-order valence-corrected chi connectivity index (χ0v) is 12.9. The highest BCUT2D eigenvalue weighted by molar-refractivity contribution is 5.86. The van der Waals surface area contributed by atoms with Crippen LogP contribution in [0, 0.1) is 0 Å². The summed E-state index contributed by atoms with van der Waals surface area (Å²) in [4.78, 5) is 23.0. The van der Waals surface area contributed by atoms with E-state index in [4.69, 9.17) is 11.5 Å². The van der Waals surface area contributed by atoms with Crippen LogP contribution in [-0.2, 0) is 4.79 Å². The Morgan fingerprint density at radius 2 is 1.85 bits per heavy atom. The number of urea groups is 1. The molecule has 1 atom stereocenters. The van der Waals surface area contributed by atoms with E-state index in [9.17, 15) is 9.59 Å². The average molecular weight is 307 g/mol. The molecule has 1 aliphatic carbocycles. The van der Waals surface area contributed by atoms with Crippen molar-refractivity contribution in [2.75, 3.05) is 0 Å². The lowest BCUT2D eigenvalue weighted by Crippen LogP contribution is -2.51. The third kappa shape index (κ3) is 6.96. The second-order valence-corrected chi connectivity index (χ2v) is 5.32. The highest BCUT2D eigenvalue weighted by Gasteiger charge is 2.24. The minimum absolute atomic E-state index is 0. The van der Waals surface area contributed by atoms with Crippen LogP contribution in [0.25, 0.3) is 0 Å². The summed E-state index contributed by atoms with van der Waals surface area (Å²) in [6.07, 6.45) is 6.17. The normalized spacial score (nSPS) is 23.3. The molecule has 1 unspecified atom stereocenters. The predicted molar refractivity (Wildman–Crippen MR) is 81.7 cm³/mol. The molecule has 0 bridgehead atoms. The summed E-state index contributed by atoms with van der Waals surface area (Å²) < 4.78 is 0. The Morgan fingerprint density at radius 1 is 1.25 bits per heavy atom. The summed E-state index contributed by atoms with van der Waals surface area (Å²) in [6, 6.07) is -0.742. The van der Waals surface area contributed by atoms with Gasteiger partial charge in [-0.25, -0.2) is 4.79 Å². The second-order valence-electron chi connectivity index (χ2n) is 5.32. The molecular formula is C13H27ClN4O2. The lowest BCUT2D eigenvalue weighted by atomic mass is 9.91. The van der Waals surface area contributed by atoms with Crippen molar-refractivity contribution in [3.63, 3.8) is 0 Å². The number of amides is 3. The van der Waals surface area contributed by atoms with Crippen molar-refractivity contribution in [1.29, 1.82) is 0 Å². The van der Waals surface area contributed by atoms with Gasteiger partial charge in [-0.15, -0.1) is 12.4 Å². The summed E-state index contributed by atoms with van der Waals surface area (Å²) in [6.45, 7) is 2.04. The van der Waals surface area contributed by atoms with Crippen molar-refractivity contribution < 1.29 is 9.59 Å². The summed E-state index contributed by atoms with van der Waals surface area (Å²) in [5, 5.41) is 5.50. The van der Waals surface area contributed by atoms with E-state index in [2.05, 4.69) is 10.6 Å². The molecule has 0 radical (unpaired) electrons. The van der Waals surface area contributed by atoms with Crippen LogP contribution in [0.15, 0.2) is 0 Å². The molecule has 1 rings (SSSR count). The van der Waals surface area contributed by atoms with Crippen molar-refractivity contribution in [3.05, 3.63) is 0 Å². The van der Waals surface area contributed by atoms with E-state index in [0.29, 0.717) is 6.42 Å². The Morgan fingerprint density at radius 3 is 2.35 bits per heavy atom. The average Bonchev–Trinajstić information content (AvgIpc) is 2.36. The van der Waals surface area contributed by atoms with E-state index in [0.717, 1.165) is 38.5 Å². The van der Waals surface area contributed by atoms with Crippen LogP contribution in [0.2, 0.25) is 0 Å². The minimum Gasteiger partial charge on any atom is -0.352 e. The van der Waals surface area contributed by atoms with E-state index in [1.807, 2.05) is 6.92 Å². The van der Waals surface area contributed by atoms with Crippen molar-refractivity contribution in [3.8, 4) is 0 Å². The third-order valence-electron chi connectivity index (χ3n) is 3.60. The van der Waals surface area contributed by atoms with E-state index in [-0.39, 0.29) is 30.4 Å². The smallest absolute Gasteiger partial charge is 0.312 e. The van der Waals surface area contributed by atoms with Gasteiger partial charge in [0.25, 0.3) is 0 Å². The van der Waals surface area contributed by atoms with Crippen molar-refractivity contribution in [1.82, 2.24) is 10.6 Å². The molecule has 0 aliphatic heterocycles. The van der Waals surface area contributed by atoms with Crippen molar-refractivity contribution >= 4 is 24.3 Å². The lowest BCUT2D eigenvalue weighted by molar-refractivity contribution is -0.124. The van der Waals surface area contributed by atoms with Crippen LogP contribution in [-0.4, -0.2) is 30.1 Å². The van der Waals surface area contributed by atoms with E-state index < -0.39 is 12.1 Å². The van der Waals surface area contributed by atoms with Gasteiger partial charge in [0.15, 0.2) is 0 Å². The van der Waals surface area contributed by atoms with Crippen LogP contribution >= 0.6 is 12.4 Å². The predicted octanol–water partition coefficient (Wildman–Crippen LogP) is 1.02. The minimum atomic E-state index is -0.651. The number of halogens is 1. The molecule has 0 aromatic heterocycles. The first-order chi connectivity index (χ1) is 9.02. The van der Waals surface area contributed by atoms with Crippen LogP contribution in [0.4, 0.5) is 4.79 Å². The number of carbonyl (C=O) groups excluding carboxylic acids is 2. The van der Waals surface area contributed by atoms with Crippen LogP contribution in [0.1, 0.15) is 51.9 Å². The quantitative estimate of drug-likeness (QED) is 0.588. The maximum absolute atomic E-state index is 12.1. The fourth-order valence-corrected chi connectivity index (χ4v) is 2.41. The zero-order chi connectivity index (χ0) is 14.3. The van der Waals surface area contributed by atoms with E-state index in [1.165, 1.54) is 0 Å². The van der Waals surface area contributed by atoms with Gasteiger partial charge in [-0.1, -0.05) is 19.8 Å². The third-order valence-corrected chi connectivity index (χ3v) is 3.60. The van der Waals surface area contributed by atoms with Gasteiger partial charge in [0.2, 0.25) is 5.91 Å². The van der Waals surface area contributed by atoms with Crippen molar-refractivity contribution in [2.45, 2.75) is 70.0 Å². The van der Waals surface area contributed by atoms with Gasteiger partial charge in [0, 0.05) is 12.1 Å². The molecule has 3 amide bonds. The molecule has 1 fully saturated rings. The molecule has 0 saturated heterocycles. The Kier molecular flexibility index (Phi) is 9.33. The van der Waals surface area contributed by atoms with Gasteiger partial charge in [0.05, 0.1) is 0 Å². The van der Waals surface area contributed by atoms with Crippen LogP contribution in [0.5, 0.6) is 0 Å². The Labute approximate surface area is 126 Å². The van der Waals surface area contributed by atoms with E-state index >= 15 is 0 Å². The number of carbonyl (C=O) groups is 2. The zero-order valence-electron chi connectivity index (χ0n) is 12.1. The standard InChI is InChI=1S/C13H26N4O2.ClH/c1-2-3-4-11(17-13(15)19)12(18)16-10-7-5-9(14)6-8-10;/h9-11H,2-8,14H2,1H3,(H,16,18)(H3,15,17,19);1H. The van der Waals surface area contributed by atoms with Gasteiger partial charge in [0.1, 0.15) is 6.04 Å². The van der Waals surface area contributed by atoms with Gasteiger partial charge in [-0.05, 0) is 32.1 Å².